The van der Waals surface area contributed by atoms with E-state index in [1.54, 1.807) is 26.9 Å². The predicted octanol–water partition coefficient (Wildman–Crippen LogP) is 3.64. The van der Waals surface area contributed by atoms with Crippen molar-refractivity contribution in [1.82, 2.24) is 9.80 Å². The highest BCUT2D eigenvalue weighted by Crippen LogP contribution is 2.59. The molecule has 1 spiro atoms. The third kappa shape index (κ3) is 4.69. The molecule has 0 aliphatic carbocycles. The number of anilines is 1. The molecule has 3 amide bonds. The minimum Gasteiger partial charge on any atom is -0.394 e. The van der Waals surface area contributed by atoms with E-state index < -0.39 is 35.6 Å². The molecule has 0 aromatic heterocycles. The Morgan fingerprint density at radius 2 is 1.82 bits per heavy atom. The standard InChI is InChI=1S/C32H45N3O5/c1-8-16-33(17-9-2)29(37)25-24-14-15-32(40-24)26(25)30(38)35(23(19-36)20(4)5)28(32)31(39)34(18-10-3)27-21(6)12-11-13-22(27)7/h8,10-13,20,23-26,28,36H,1,3,9,14-19H2,2,4-7H3/t23-,24-,25+,26-,28?,32?/m0/s1. The number of carbonyl (C=O) groups excluding carboxylic acids is 3. The Morgan fingerprint density at radius 1 is 1.18 bits per heavy atom. The molecule has 8 nitrogen and oxygen atoms in total. The normalized spacial score (nSPS) is 27.6. The van der Waals surface area contributed by atoms with Crippen LogP contribution in [0.1, 0.15) is 51.2 Å². The largest absolute Gasteiger partial charge is 0.394 e. The summed E-state index contributed by atoms with van der Waals surface area (Å²) in [6.07, 6.45) is 4.84. The van der Waals surface area contributed by atoms with E-state index in [-0.39, 0.29) is 36.8 Å². The van der Waals surface area contributed by atoms with Crippen molar-refractivity contribution in [1.29, 1.82) is 0 Å². The van der Waals surface area contributed by atoms with Crippen molar-refractivity contribution in [3.05, 3.63) is 54.6 Å². The number of aryl methyl sites for hydroxylation is 2. The van der Waals surface area contributed by atoms with E-state index in [2.05, 4.69) is 13.2 Å². The summed E-state index contributed by atoms with van der Waals surface area (Å²) in [6.45, 7) is 18.4. The summed E-state index contributed by atoms with van der Waals surface area (Å²) in [5, 5.41) is 10.5. The second kappa shape index (κ2) is 11.9. The number of rotatable bonds is 12. The Morgan fingerprint density at radius 3 is 2.38 bits per heavy atom. The molecule has 3 heterocycles. The van der Waals surface area contributed by atoms with Gasteiger partial charge in [-0.05, 0) is 50.2 Å². The number of aliphatic hydroxyl groups is 1. The molecule has 3 aliphatic heterocycles. The number of fused-ring (bicyclic) bond motifs is 1. The lowest BCUT2D eigenvalue weighted by Crippen LogP contribution is -2.60. The molecule has 0 radical (unpaired) electrons. The summed E-state index contributed by atoms with van der Waals surface area (Å²) in [6, 6.07) is 4.31. The molecule has 3 fully saturated rings. The molecule has 2 bridgehead atoms. The summed E-state index contributed by atoms with van der Waals surface area (Å²) >= 11 is 0. The summed E-state index contributed by atoms with van der Waals surface area (Å²) < 4.78 is 6.67. The van der Waals surface area contributed by atoms with Crippen molar-refractivity contribution in [3.63, 3.8) is 0 Å². The van der Waals surface area contributed by atoms with Gasteiger partial charge in [0.2, 0.25) is 11.8 Å². The molecule has 40 heavy (non-hydrogen) atoms. The van der Waals surface area contributed by atoms with Crippen LogP contribution in [-0.2, 0) is 19.1 Å². The van der Waals surface area contributed by atoms with Crippen LogP contribution < -0.4 is 4.90 Å². The van der Waals surface area contributed by atoms with Crippen molar-refractivity contribution in [2.75, 3.05) is 31.1 Å². The van der Waals surface area contributed by atoms with Crippen LogP contribution in [0.25, 0.3) is 0 Å². The first-order chi connectivity index (χ1) is 19.1. The molecule has 4 rings (SSSR count). The molecule has 1 aromatic carbocycles. The molecule has 1 aromatic rings. The third-order valence-corrected chi connectivity index (χ3v) is 9.01. The number of carbonyl (C=O) groups is 3. The van der Waals surface area contributed by atoms with Crippen molar-refractivity contribution in [3.8, 4) is 0 Å². The van der Waals surface area contributed by atoms with E-state index in [1.807, 2.05) is 52.8 Å². The van der Waals surface area contributed by atoms with Crippen molar-refractivity contribution in [2.24, 2.45) is 17.8 Å². The molecular weight excluding hydrogens is 506 g/mol. The van der Waals surface area contributed by atoms with Crippen LogP contribution in [0.2, 0.25) is 0 Å². The maximum Gasteiger partial charge on any atom is 0.253 e. The van der Waals surface area contributed by atoms with Gasteiger partial charge in [-0.25, -0.2) is 0 Å². The molecule has 1 N–H and O–H groups in total. The quantitative estimate of drug-likeness (QED) is 0.401. The second-order valence-electron chi connectivity index (χ2n) is 11.8. The van der Waals surface area contributed by atoms with Crippen LogP contribution >= 0.6 is 0 Å². The highest BCUT2D eigenvalue weighted by Gasteiger charge is 2.75. The van der Waals surface area contributed by atoms with Gasteiger partial charge >= 0.3 is 0 Å². The Labute approximate surface area is 238 Å². The van der Waals surface area contributed by atoms with E-state index in [0.717, 1.165) is 23.2 Å². The topological polar surface area (TPSA) is 90.4 Å². The Kier molecular flexibility index (Phi) is 8.90. The van der Waals surface area contributed by atoms with Crippen LogP contribution in [0.3, 0.4) is 0 Å². The SMILES string of the molecule is C=CCN(CCC)C(=O)[C@@H]1[C@@H]2CCC3(O2)C(C(=O)N(CC=C)c2c(C)cccc2C)N([C@@H](CO)C(C)C)C(=O)[C@H]13. The number of ether oxygens (including phenoxy) is 1. The average molecular weight is 552 g/mol. The minimum absolute atomic E-state index is 0.115. The van der Waals surface area contributed by atoms with Gasteiger partial charge in [0.15, 0.2) is 0 Å². The lowest BCUT2D eigenvalue weighted by atomic mass is 9.70. The van der Waals surface area contributed by atoms with Gasteiger partial charge in [0.1, 0.15) is 11.6 Å². The highest BCUT2D eigenvalue weighted by atomic mass is 16.5. The molecule has 3 saturated heterocycles. The summed E-state index contributed by atoms with van der Waals surface area (Å²) in [4.78, 5) is 48.2. The smallest absolute Gasteiger partial charge is 0.253 e. The van der Waals surface area contributed by atoms with Gasteiger partial charge in [-0.2, -0.15) is 0 Å². The first kappa shape index (κ1) is 30.0. The van der Waals surface area contributed by atoms with Crippen LogP contribution in [0.4, 0.5) is 5.69 Å². The third-order valence-electron chi connectivity index (χ3n) is 9.01. The maximum atomic E-state index is 14.8. The van der Waals surface area contributed by atoms with Crippen LogP contribution in [-0.4, -0.2) is 82.7 Å². The van der Waals surface area contributed by atoms with E-state index in [0.29, 0.717) is 25.9 Å². The van der Waals surface area contributed by atoms with Gasteiger partial charge in [0.25, 0.3) is 5.91 Å². The summed E-state index contributed by atoms with van der Waals surface area (Å²) in [5.74, 6) is -2.24. The lowest BCUT2D eigenvalue weighted by molar-refractivity contribution is -0.148. The number of hydrogen-bond acceptors (Lipinski definition) is 5. The van der Waals surface area contributed by atoms with E-state index in [4.69, 9.17) is 4.74 Å². The van der Waals surface area contributed by atoms with Crippen LogP contribution in [0, 0.1) is 31.6 Å². The fraction of sp³-hybridized carbons (Fsp3) is 0.594. The van der Waals surface area contributed by atoms with Crippen LogP contribution in [0.15, 0.2) is 43.5 Å². The molecule has 3 aliphatic rings. The van der Waals surface area contributed by atoms with E-state index >= 15 is 0 Å². The average Bonchev–Trinajstić information content (AvgIpc) is 3.55. The molecule has 8 heteroatoms. The molecule has 2 unspecified atom stereocenters. The second-order valence-corrected chi connectivity index (χ2v) is 11.8. The first-order valence-corrected chi connectivity index (χ1v) is 14.6. The van der Waals surface area contributed by atoms with E-state index in [1.165, 1.54) is 0 Å². The summed E-state index contributed by atoms with van der Waals surface area (Å²) in [7, 11) is 0. The Bertz CT molecular complexity index is 1140. The van der Waals surface area contributed by atoms with Crippen LogP contribution in [0.5, 0.6) is 0 Å². The van der Waals surface area contributed by atoms with E-state index in [9.17, 15) is 19.5 Å². The monoisotopic (exact) mass is 551 g/mol. The zero-order valence-electron chi connectivity index (χ0n) is 24.6. The maximum absolute atomic E-state index is 14.8. The first-order valence-electron chi connectivity index (χ1n) is 14.6. The Balaban J connectivity index is 1.85. The number of aliphatic hydroxyl groups excluding tert-OH is 1. The van der Waals surface area contributed by atoms with Gasteiger partial charge in [-0.15, -0.1) is 13.2 Å². The Hall–Kier alpha value is -2.97. The minimum atomic E-state index is -1.14. The molecule has 0 saturated carbocycles. The number of para-hydroxylation sites is 1. The van der Waals surface area contributed by atoms with Gasteiger partial charge in [-0.1, -0.05) is 51.1 Å². The molecule has 6 atom stereocenters. The van der Waals surface area contributed by atoms with Gasteiger partial charge in [-0.3, -0.25) is 14.4 Å². The van der Waals surface area contributed by atoms with Crippen molar-refractivity contribution < 1.29 is 24.2 Å². The fourth-order valence-corrected chi connectivity index (χ4v) is 7.36. The van der Waals surface area contributed by atoms with Gasteiger partial charge < -0.3 is 24.5 Å². The lowest BCUT2D eigenvalue weighted by Gasteiger charge is -2.41. The van der Waals surface area contributed by atoms with Crippen molar-refractivity contribution >= 4 is 23.4 Å². The van der Waals surface area contributed by atoms with Crippen molar-refractivity contribution in [2.45, 2.75) is 77.7 Å². The predicted molar refractivity (Wildman–Crippen MR) is 156 cm³/mol. The molecular formula is C32H45N3O5. The fourth-order valence-electron chi connectivity index (χ4n) is 7.36. The number of nitrogens with zero attached hydrogens (tertiary/aromatic N) is 3. The summed E-state index contributed by atoms with van der Waals surface area (Å²) in [5.41, 5.74) is 1.52. The number of hydrogen-bond donors (Lipinski definition) is 1. The highest BCUT2D eigenvalue weighted by molar-refractivity contribution is 6.05. The zero-order chi connectivity index (χ0) is 29.4. The number of amides is 3. The number of benzene rings is 1. The zero-order valence-corrected chi connectivity index (χ0v) is 24.6. The van der Waals surface area contributed by atoms with Gasteiger partial charge in [0, 0.05) is 25.3 Å². The van der Waals surface area contributed by atoms with Gasteiger partial charge in [0.05, 0.1) is 30.6 Å². The molecule has 218 valence electrons. The number of likely N-dealkylation sites (tertiary alicyclic amines) is 1.